The standard InChI is InChI=1S/C23H28N4O3S/c1-2-30-22(29)19-11-6-7-12-20(19)25-23(31)27-14-8-13-26(15-16-27)17-21(28)24-18-9-4-3-5-10-18/h3-7,9-12H,2,8,13-17H2,1H3,(H,24,28)(H,25,31). The second-order valence-electron chi connectivity index (χ2n) is 7.23. The van der Waals surface area contributed by atoms with E-state index in [2.05, 4.69) is 20.4 Å². The van der Waals surface area contributed by atoms with Gasteiger partial charge in [-0.1, -0.05) is 30.3 Å². The van der Waals surface area contributed by atoms with E-state index in [1.165, 1.54) is 0 Å². The van der Waals surface area contributed by atoms with Crippen LogP contribution in [-0.2, 0) is 9.53 Å². The summed E-state index contributed by atoms with van der Waals surface area (Å²) in [5, 5.41) is 6.68. The first-order chi connectivity index (χ1) is 15.1. The van der Waals surface area contributed by atoms with E-state index in [0.29, 0.717) is 36.1 Å². The highest BCUT2D eigenvalue weighted by Gasteiger charge is 2.20. The lowest BCUT2D eigenvalue weighted by atomic mass is 10.2. The molecule has 3 rings (SSSR count). The van der Waals surface area contributed by atoms with Gasteiger partial charge in [-0.2, -0.15) is 0 Å². The third-order valence-electron chi connectivity index (χ3n) is 4.96. The van der Waals surface area contributed by atoms with Crippen molar-refractivity contribution < 1.29 is 14.3 Å². The lowest BCUT2D eigenvalue weighted by molar-refractivity contribution is -0.117. The topological polar surface area (TPSA) is 73.9 Å². The number of nitrogens with zero attached hydrogens (tertiary/aromatic N) is 2. The molecule has 31 heavy (non-hydrogen) atoms. The van der Waals surface area contributed by atoms with Crippen molar-refractivity contribution >= 4 is 40.6 Å². The van der Waals surface area contributed by atoms with Crippen LogP contribution in [0.15, 0.2) is 54.6 Å². The Hall–Kier alpha value is -2.97. The number of carbonyl (C=O) groups excluding carboxylic acids is 2. The summed E-state index contributed by atoms with van der Waals surface area (Å²) in [6.45, 7) is 5.47. The second-order valence-corrected chi connectivity index (χ2v) is 7.61. The number of nitrogens with one attached hydrogen (secondary N) is 2. The number of anilines is 2. The number of para-hydroxylation sites is 2. The van der Waals surface area contributed by atoms with Crippen molar-refractivity contribution in [2.45, 2.75) is 13.3 Å². The van der Waals surface area contributed by atoms with E-state index in [4.69, 9.17) is 17.0 Å². The number of hydrogen-bond acceptors (Lipinski definition) is 5. The summed E-state index contributed by atoms with van der Waals surface area (Å²) in [5.74, 6) is -0.399. The molecule has 2 aromatic rings. The first-order valence-electron chi connectivity index (χ1n) is 10.5. The van der Waals surface area contributed by atoms with E-state index in [-0.39, 0.29) is 11.9 Å². The van der Waals surface area contributed by atoms with Crippen molar-refractivity contribution in [1.29, 1.82) is 0 Å². The fourth-order valence-electron chi connectivity index (χ4n) is 3.43. The highest BCUT2D eigenvalue weighted by Crippen LogP contribution is 2.17. The minimum atomic E-state index is -0.375. The largest absolute Gasteiger partial charge is 0.462 e. The molecule has 0 aliphatic carbocycles. The van der Waals surface area contributed by atoms with Crippen LogP contribution in [0, 0.1) is 0 Å². The van der Waals surface area contributed by atoms with Crippen molar-refractivity contribution in [2.75, 3.05) is 50.0 Å². The number of rotatable bonds is 6. The van der Waals surface area contributed by atoms with E-state index in [1.54, 1.807) is 19.1 Å². The van der Waals surface area contributed by atoms with Crippen LogP contribution in [0.1, 0.15) is 23.7 Å². The normalized spacial score (nSPS) is 14.4. The summed E-state index contributed by atoms with van der Waals surface area (Å²) < 4.78 is 5.13. The molecule has 0 bridgehead atoms. The van der Waals surface area contributed by atoms with Crippen molar-refractivity contribution in [3.63, 3.8) is 0 Å². The van der Waals surface area contributed by atoms with Crippen LogP contribution in [0.5, 0.6) is 0 Å². The number of thiocarbonyl (C=S) groups is 1. The molecule has 2 aromatic carbocycles. The van der Waals surface area contributed by atoms with Gasteiger partial charge in [0.2, 0.25) is 5.91 Å². The summed E-state index contributed by atoms with van der Waals surface area (Å²) in [6.07, 6.45) is 0.889. The number of esters is 1. The molecule has 1 fully saturated rings. The summed E-state index contributed by atoms with van der Waals surface area (Å²) in [7, 11) is 0. The number of amides is 1. The van der Waals surface area contributed by atoms with Gasteiger partial charge in [-0.25, -0.2) is 4.79 Å². The van der Waals surface area contributed by atoms with Crippen molar-refractivity contribution in [1.82, 2.24) is 9.80 Å². The average molecular weight is 441 g/mol. The zero-order valence-electron chi connectivity index (χ0n) is 17.7. The summed E-state index contributed by atoms with van der Waals surface area (Å²) in [4.78, 5) is 28.8. The molecule has 0 atom stereocenters. The molecule has 1 aliphatic rings. The first kappa shape index (κ1) is 22.7. The maximum atomic E-state index is 12.4. The summed E-state index contributed by atoms with van der Waals surface area (Å²) in [5.41, 5.74) is 1.89. The number of ether oxygens (including phenoxy) is 1. The Bertz CT molecular complexity index is 907. The molecular weight excluding hydrogens is 412 g/mol. The van der Waals surface area contributed by atoms with Gasteiger partial charge in [0.25, 0.3) is 0 Å². The lowest BCUT2D eigenvalue weighted by Gasteiger charge is -2.25. The third kappa shape index (κ3) is 6.77. The van der Waals surface area contributed by atoms with Gasteiger partial charge in [0, 0.05) is 31.9 Å². The zero-order chi connectivity index (χ0) is 22.1. The van der Waals surface area contributed by atoms with Crippen LogP contribution in [0.3, 0.4) is 0 Å². The van der Waals surface area contributed by atoms with Crippen LogP contribution in [0.2, 0.25) is 0 Å². The van der Waals surface area contributed by atoms with Gasteiger partial charge in [-0.3, -0.25) is 9.69 Å². The van der Waals surface area contributed by atoms with E-state index in [9.17, 15) is 9.59 Å². The number of benzene rings is 2. The predicted octanol–water partition coefficient (Wildman–Crippen LogP) is 3.21. The lowest BCUT2D eigenvalue weighted by Crippen LogP contribution is -2.39. The Kier molecular flexibility index (Phi) is 8.37. The summed E-state index contributed by atoms with van der Waals surface area (Å²) >= 11 is 5.61. The molecule has 8 heteroatoms. The number of carbonyl (C=O) groups is 2. The van der Waals surface area contributed by atoms with Crippen LogP contribution in [0.25, 0.3) is 0 Å². The molecule has 0 radical (unpaired) electrons. The quantitative estimate of drug-likeness (QED) is 0.528. The van der Waals surface area contributed by atoms with Crippen LogP contribution >= 0.6 is 12.2 Å². The summed E-state index contributed by atoms with van der Waals surface area (Å²) in [6, 6.07) is 16.6. The molecule has 1 amide bonds. The van der Waals surface area contributed by atoms with Crippen molar-refractivity contribution in [3.05, 3.63) is 60.2 Å². The Morgan fingerprint density at radius 3 is 2.48 bits per heavy atom. The highest BCUT2D eigenvalue weighted by molar-refractivity contribution is 7.80. The molecule has 7 nitrogen and oxygen atoms in total. The molecule has 0 saturated carbocycles. The average Bonchev–Trinajstić information content (AvgIpc) is 3.00. The van der Waals surface area contributed by atoms with Gasteiger partial charge in [-0.05, 0) is 49.8 Å². The first-order valence-corrected chi connectivity index (χ1v) is 10.9. The molecule has 1 saturated heterocycles. The molecule has 1 aliphatic heterocycles. The van der Waals surface area contributed by atoms with Crippen molar-refractivity contribution in [2.24, 2.45) is 0 Å². The minimum Gasteiger partial charge on any atom is -0.462 e. The SMILES string of the molecule is CCOC(=O)c1ccccc1NC(=S)N1CCCN(CC(=O)Nc2ccccc2)CC1. The third-order valence-corrected chi connectivity index (χ3v) is 5.32. The maximum absolute atomic E-state index is 12.4. The molecule has 164 valence electrons. The van der Waals surface area contributed by atoms with Gasteiger partial charge >= 0.3 is 5.97 Å². The van der Waals surface area contributed by atoms with E-state index in [1.807, 2.05) is 42.5 Å². The van der Waals surface area contributed by atoms with E-state index >= 15 is 0 Å². The smallest absolute Gasteiger partial charge is 0.340 e. The van der Waals surface area contributed by atoms with Gasteiger partial charge in [0.1, 0.15) is 0 Å². The number of hydrogen-bond donors (Lipinski definition) is 2. The molecule has 1 heterocycles. The van der Waals surface area contributed by atoms with Gasteiger partial charge in [0.05, 0.1) is 24.4 Å². The van der Waals surface area contributed by atoms with Gasteiger partial charge in [0.15, 0.2) is 5.11 Å². The van der Waals surface area contributed by atoms with Crippen LogP contribution in [0.4, 0.5) is 11.4 Å². The highest BCUT2D eigenvalue weighted by atomic mass is 32.1. The molecule has 2 N–H and O–H groups in total. The molecular formula is C23H28N4O3S. The Balaban J connectivity index is 1.53. The predicted molar refractivity (Wildman–Crippen MR) is 126 cm³/mol. The monoisotopic (exact) mass is 440 g/mol. The molecule has 0 unspecified atom stereocenters. The van der Waals surface area contributed by atoms with Crippen LogP contribution < -0.4 is 10.6 Å². The van der Waals surface area contributed by atoms with E-state index < -0.39 is 0 Å². The minimum absolute atomic E-state index is 0.0243. The van der Waals surface area contributed by atoms with Gasteiger partial charge in [-0.15, -0.1) is 0 Å². The fraction of sp³-hybridized carbons (Fsp3) is 0.348. The maximum Gasteiger partial charge on any atom is 0.340 e. The zero-order valence-corrected chi connectivity index (χ0v) is 18.5. The van der Waals surface area contributed by atoms with Crippen LogP contribution in [-0.4, -0.2) is 66.1 Å². The van der Waals surface area contributed by atoms with Gasteiger partial charge < -0.3 is 20.3 Å². The molecule has 0 aromatic heterocycles. The Morgan fingerprint density at radius 1 is 0.968 bits per heavy atom. The van der Waals surface area contributed by atoms with Crippen molar-refractivity contribution in [3.8, 4) is 0 Å². The van der Waals surface area contributed by atoms with E-state index in [0.717, 1.165) is 31.7 Å². The second kappa shape index (κ2) is 11.4. The molecule has 0 spiro atoms. The Labute approximate surface area is 188 Å². The Morgan fingerprint density at radius 2 is 1.71 bits per heavy atom. The fourth-order valence-corrected chi connectivity index (χ4v) is 3.72.